The van der Waals surface area contributed by atoms with Crippen molar-refractivity contribution in [1.29, 1.82) is 0 Å². The molecule has 4 atom stereocenters. The zero-order valence-electron chi connectivity index (χ0n) is 15.1. The summed E-state index contributed by atoms with van der Waals surface area (Å²) in [4.78, 5) is 27.8. The SMILES string of the molecule is CC(=C1[C@H]2C=C[C@H]1[C@H]1C(=O)N(c3cccc(Cl)c3Cl)C(=O)[C@H]12)c1ccccc1. The molecular formula is C23H17Cl2NO2. The van der Waals surface area contributed by atoms with Crippen molar-refractivity contribution in [2.45, 2.75) is 6.92 Å². The van der Waals surface area contributed by atoms with E-state index in [4.69, 9.17) is 23.2 Å². The highest BCUT2D eigenvalue weighted by molar-refractivity contribution is 6.45. The van der Waals surface area contributed by atoms with Crippen LogP contribution in [0.5, 0.6) is 0 Å². The number of imide groups is 1. The lowest BCUT2D eigenvalue weighted by molar-refractivity contribution is -0.122. The molecule has 2 aromatic carbocycles. The smallest absolute Gasteiger partial charge is 0.238 e. The summed E-state index contributed by atoms with van der Waals surface area (Å²) in [5.74, 6) is -1.20. The van der Waals surface area contributed by atoms with Crippen molar-refractivity contribution in [3.8, 4) is 0 Å². The molecule has 3 aliphatic rings. The van der Waals surface area contributed by atoms with Gasteiger partial charge in [0.15, 0.2) is 0 Å². The topological polar surface area (TPSA) is 37.4 Å². The maximum Gasteiger partial charge on any atom is 0.238 e. The van der Waals surface area contributed by atoms with Gasteiger partial charge in [-0.2, -0.15) is 0 Å². The number of rotatable bonds is 2. The fraction of sp³-hybridized carbons (Fsp3) is 0.217. The average molecular weight is 410 g/mol. The molecule has 140 valence electrons. The number of anilines is 1. The van der Waals surface area contributed by atoms with E-state index in [1.807, 2.05) is 18.2 Å². The lowest BCUT2D eigenvalue weighted by Gasteiger charge is -2.21. The van der Waals surface area contributed by atoms with Crippen molar-refractivity contribution in [1.82, 2.24) is 0 Å². The van der Waals surface area contributed by atoms with E-state index >= 15 is 0 Å². The van der Waals surface area contributed by atoms with Gasteiger partial charge in [-0.25, -0.2) is 4.90 Å². The molecule has 5 heteroatoms. The monoisotopic (exact) mass is 409 g/mol. The highest BCUT2D eigenvalue weighted by Crippen LogP contribution is 2.58. The fourth-order valence-electron chi connectivity index (χ4n) is 5.02. The van der Waals surface area contributed by atoms with Gasteiger partial charge >= 0.3 is 0 Å². The molecule has 2 amide bonds. The summed E-state index contributed by atoms with van der Waals surface area (Å²) in [6.07, 6.45) is 4.17. The van der Waals surface area contributed by atoms with Crippen LogP contribution in [0.2, 0.25) is 10.0 Å². The van der Waals surface area contributed by atoms with Crippen LogP contribution in [-0.2, 0) is 9.59 Å². The van der Waals surface area contributed by atoms with E-state index in [2.05, 4.69) is 31.2 Å². The number of carbonyl (C=O) groups is 2. The second-order valence-corrected chi connectivity index (χ2v) is 8.30. The van der Waals surface area contributed by atoms with Crippen LogP contribution in [0.1, 0.15) is 12.5 Å². The van der Waals surface area contributed by atoms with E-state index in [1.165, 1.54) is 10.5 Å². The standard InChI is InChI=1S/C23H17Cl2NO2/c1-12(13-6-3-2-4-7-13)18-14-10-11-15(18)20-19(14)22(27)26(23(20)28)17-9-5-8-16(24)21(17)25/h2-11,14-15,19-20H,1H3/t14-,15-,19-,20+/m1/s1. The Bertz CT molecular complexity index is 1040. The molecule has 0 N–H and O–H groups in total. The largest absolute Gasteiger partial charge is 0.274 e. The predicted molar refractivity (Wildman–Crippen MR) is 111 cm³/mol. The molecule has 1 saturated carbocycles. The van der Waals surface area contributed by atoms with E-state index in [-0.39, 0.29) is 40.5 Å². The first kappa shape index (κ1) is 17.7. The summed E-state index contributed by atoms with van der Waals surface area (Å²) in [5.41, 5.74) is 3.86. The van der Waals surface area contributed by atoms with Crippen LogP contribution < -0.4 is 4.90 Å². The molecule has 28 heavy (non-hydrogen) atoms. The summed E-state index contributed by atoms with van der Waals surface area (Å²) >= 11 is 12.4. The Hall–Kier alpha value is -2.36. The van der Waals surface area contributed by atoms with Crippen LogP contribution >= 0.6 is 23.2 Å². The number of allylic oxidation sites excluding steroid dienone is 4. The molecule has 0 spiro atoms. The zero-order valence-corrected chi connectivity index (χ0v) is 16.6. The summed E-state index contributed by atoms with van der Waals surface area (Å²) in [6.45, 7) is 2.08. The van der Waals surface area contributed by atoms with Gasteiger partial charge in [-0.05, 0) is 30.2 Å². The summed E-state index contributed by atoms with van der Waals surface area (Å²) < 4.78 is 0. The normalized spacial score (nSPS) is 29.6. The van der Waals surface area contributed by atoms with Gasteiger partial charge in [-0.3, -0.25) is 9.59 Å². The number of halogens is 2. The third kappa shape index (κ3) is 2.30. The molecule has 0 radical (unpaired) electrons. The van der Waals surface area contributed by atoms with E-state index in [0.29, 0.717) is 10.7 Å². The Balaban J connectivity index is 1.57. The predicted octanol–water partition coefficient (Wildman–Crippen LogP) is 5.39. The Morgan fingerprint density at radius 1 is 0.857 bits per heavy atom. The number of fused-ring (bicyclic) bond motifs is 5. The lowest BCUT2D eigenvalue weighted by Crippen LogP contribution is -2.33. The number of nitrogens with zero attached hydrogens (tertiary/aromatic N) is 1. The van der Waals surface area contributed by atoms with Crippen LogP contribution in [0, 0.1) is 23.7 Å². The molecule has 1 saturated heterocycles. The fourth-order valence-corrected chi connectivity index (χ4v) is 5.40. The molecule has 2 bridgehead atoms. The summed E-state index contributed by atoms with van der Waals surface area (Å²) in [6, 6.07) is 15.1. The lowest BCUT2D eigenvalue weighted by atomic mass is 9.85. The van der Waals surface area contributed by atoms with E-state index in [9.17, 15) is 9.59 Å². The van der Waals surface area contributed by atoms with Crippen LogP contribution in [0.3, 0.4) is 0 Å². The van der Waals surface area contributed by atoms with Gasteiger partial charge in [0.2, 0.25) is 11.8 Å². The number of carbonyl (C=O) groups excluding carboxylic acids is 2. The molecule has 1 aliphatic heterocycles. The van der Waals surface area contributed by atoms with Gasteiger partial charge in [-0.15, -0.1) is 0 Å². The molecular weight excluding hydrogens is 393 g/mol. The van der Waals surface area contributed by atoms with Crippen molar-refractivity contribution < 1.29 is 9.59 Å². The van der Waals surface area contributed by atoms with Gasteiger partial charge in [0, 0.05) is 11.8 Å². The minimum atomic E-state index is -0.369. The van der Waals surface area contributed by atoms with Crippen molar-refractivity contribution >= 4 is 46.3 Å². The maximum absolute atomic E-state index is 13.3. The van der Waals surface area contributed by atoms with Crippen molar-refractivity contribution in [2.75, 3.05) is 4.90 Å². The Kier molecular flexibility index (Phi) is 4.01. The van der Waals surface area contributed by atoms with Gasteiger partial charge in [0.25, 0.3) is 0 Å². The molecule has 3 nitrogen and oxygen atoms in total. The number of hydrogen-bond donors (Lipinski definition) is 0. The number of hydrogen-bond acceptors (Lipinski definition) is 2. The van der Waals surface area contributed by atoms with Gasteiger partial charge in [0.1, 0.15) is 0 Å². The van der Waals surface area contributed by atoms with Crippen molar-refractivity contribution in [3.63, 3.8) is 0 Å². The van der Waals surface area contributed by atoms with E-state index in [1.54, 1.807) is 18.2 Å². The maximum atomic E-state index is 13.3. The second-order valence-electron chi connectivity index (χ2n) is 7.52. The highest BCUT2D eigenvalue weighted by Gasteiger charge is 2.62. The highest BCUT2D eigenvalue weighted by atomic mass is 35.5. The number of benzene rings is 2. The first-order chi connectivity index (χ1) is 13.5. The quantitative estimate of drug-likeness (QED) is 0.492. The molecule has 2 aliphatic carbocycles. The molecule has 1 heterocycles. The zero-order chi connectivity index (χ0) is 19.6. The average Bonchev–Trinajstić information content (AvgIpc) is 3.34. The second kappa shape index (κ2) is 6.33. The van der Waals surface area contributed by atoms with Gasteiger partial charge in [0.05, 0.1) is 27.6 Å². The third-order valence-electron chi connectivity index (χ3n) is 6.23. The van der Waals surface area contributed by atoms with E-state index in [0.717, 1.165) is 11.1 Å². The Labute approximate surface area is 173 Å². The van der Waals surface area contributed by atoms with Crippen LogP contribution in [0.15, 0.2) is 66.3 Å². The molecule has 5 rings (SSSR count). The van der Waals surface area contributed by atoms with Crippen molar-refractivity contribution in [2.24, 2.45) is 23.7 Å². The summed E-state index contributed by atoms with van der Waals surface area (Å²) in [7, 11) is 0. The van der Waals surface area contributed by atoms with Crippen LogP contribution in [0.4, 0.5) is 5.69 Å². The van der Waals surface area contributed by atoms with Gasteiger partial charge < -0.3 is 0 Å². The first-order valence-electron chi connectivity index (χ1n) is 9.27. The van der Waals surface area contributed by atoms with Crippen LogP contribution in [0.25, 0.3) is 5.57 Å². The molecule has 2 aromatic rings. The Morgan fingerprint density at radius 3 is 2.07 bits per heavy atom. The third-order valence-corrected chi connectivity index (χ3v) is 7.04. The van der Waals surface area contributed by atoms with Gasteiger partial charge in [-0.1, -0.05) is 77.3 Å². The van der Waals surface area contributed by atoms with Crippen molar-refractivity contribution in [3.05, 3.63) is 81.9 Å². The van der Waals surface area contributed by atoms with Crippen LogP contribution in [-0.4, -0.2) is 11.8 Å². The molecule has 0 aromatic heterocycles. The minimum Gasteiger partial charge on any atom is -0.274 e. The first-order valence-corrected chi connectivity index (χ1v) is 10.0. The minimum absolute atomic E-state index is 0.0467. The summed E-state index contributed by atoms with van der Waals surface area (Å²) in [5, 5.41) is 0.570. The number of amides is 2. The molecule has 0 unspecified atom stereocenters. The molecule has 2 fully saturated rings. The Morgan fingerprint density at radius 2 is 1.46 bits per heavy atom. The van der Waals surface area contributed by atoms with E-state index < -0.39 is 0 Å².